The zero-order chi connectivity index (χ0) is 14.3. The number of rotatable bonds is 7. The van der Waals surface area contributed by atoms with Gasteiger partial charge in [-0.2, -0.15) is 17.0 Å². The lowest BCUT2D eigenvalue weighted by Crippen LogP contribution is -2.11. The predicted molar refractivity (Wildman–Crippen MR) is 76.8 cm³/mol. The fraction of sp³-hybridized carbons (Fsp3) is 0.462. The Bertz CT molecular complexity index is 549. The van der Waals surface area contributed by atoms with Crippen LogP contribution in [-0.2, 0) is 9.84 Å². The molecule has 6 heteroatoms. The maximum absolute atomic E-state index is 12.1. The lowest BCUT2D eigenvalue weighted by Gasteiger charge is -2.09. The maximum atomic E-state index is 12.1. The Hall–Kier alpha value is -1.03. The third-order valence-corrected chi connectivity index (χ3v) is 5.83. The first kappa shape index (κ1) is 16.0. The average molecular weight is 299 g/mol. The van der Waals surface area contributed by atoms with Crippen LogP contribution in [0.3, 0.4) is 0 Å². The molecule has 1 atom stereocenters. The molecule has 0 saturated heterocycles. The highest BCUT2D eigenvalue weighted by atomic mass is 32.2. The van der Waals surface area contributed by atoms with Crippen LogP contribution in [-0.4, -0.2) is 36.9 Å². The molecule has 1 rings (SSSR count). The Labute approximate surface area is 118 Å². The predicted octanol–water partition coefficient (Wildman–Crippen LogP) is 1.84. The van der Waals surface area contributed by atoms with Crippen molar-refractivity contribution in [1.29, 1.82) is 5.26 Å². The van der Waals surface area contributed by atoms with Gasteiger partial charge in [0.2, 0.25) is 0 Å². The Morgan fingerprint density at radius 2 is 2.21 bits per heavy atom. The summed E-state index contributed by atoms with van der Waals surface area (Å²) in [4.78, 5) is 0.196. The monoisotopic (exact) mass is 299 g/mol. The van der Waals surface area contributed by atoms with Crippen LogP contribution in [0.25, 0.3) is 0 Å². The van der Waals surface area contributed by atoms with Crippen LogP contribution in [0.2, 0.25) is 0 Å². The Balaban J connectivity index is 2.63. The molecule has 104 valence electrons. The summed E-state index contributed by atoms with van der Waals surface area (Å²) in [6.45, 7) is 2.08. The van der Waals surface area contributed by atoms with Crippen molar-refractivity contribution in [3.05, 3.63) is 29.8 Å². The Kier molecular flexibility index (Phi) is 6.35. The topological polar surface area (TPSA) is 78.2 Å². The molecule has 0 radical (unpaired) electrons. The van der Waals surface area contributed by atoms with Crippen molar-refractivity contribution in [2.75, 3.05) is 18.1 Å². The molecule has 0 aromatic heterocycles. The zero-order valence-electron chi connectivity index (χ0n) is 10.7. The average Bonchev–Trinajstić information content (AvgIpc) is 2.39. The van der Waals surface area contributed by atoms with E-state index in [1.165, 1.54) is 23.9 Å². The van der Waals surface area contributed by atoms with E-state index in [9.17, 15) is 8.42 Å². The van der Waals surface area contributed by atoms with Gasteiger partial charge in [-0.15, -0.1) is 0 Å². The Morgan fingerprint density at radius 1 is 1.47 bits per heavy atom. The molecule has 0 amide bonds. The van der Waals surface area contributed by atoms with Gasteiger partial charge in [-0.3, -0.25) is 0 Å². The Morgan fingerprint density at radius 3 is 2.84 bits per heavy atom. The molecule has 0 heterocycles. The van der Waals surface area contributed by atoms with Crippen LogP contribution in [0.1, 0.15) is 18.9 Å². The molecule has 1 unspecified atom stereocenters. The molecule has 1 N–H and O–H groups in total. The van der Waals surface area contributed by atoms with E-state index in [1.54, 1.807) is 12.1 Å². The molecule has 1 aromatic rings. The van der Waals surface area contributed by atoms with Crippen molar-refractivity contribution in [3.8, 4) is 6.07 Å². The lowest BCUT2D eigenvalue weighted by molar-refractivity contribution is 0.289. The fourth-order valence-electron chi connectivity index (χ4n) is 1.50. The highest BCUT2D eigenvalue weighted by molar-refractivity contribution is 8.01. The second-order valence-corrected chi connectivity index (χ2v) is 7.81. The number of hydrogen-bond donors (Lipinski definition) is 1. The van der Waals surface area contributed by atoms with Crippen molar-refractivity contribution in [1.82, 2.24) is 0 Å². The fourth-order valence-corrected chi connectivity index (χ4v) is 4.27. The van der Waals surface area contributed by atoms with Crippen molar-refractivity contribution < 1.29 is 13.5 Å². The van der Waals surface area contributed by atoms with Gasteiger partial charge in [-0.25, -0.2) is 8.42 Å². The van der Waals surface area contributed by atoms with Crippen LogP contribution in [0.4, 0.5) is 0 Å². The van der Waals surface area contributed by atoms with Crippen molar-refractivity contribution in [2.24, 2.45) is 0 Å². The highest BCUT2D eigenvalue weighted by Crippen LogP contribution is 2.18. The van der Waals surface area contributed by atoms with Crippen LogP contribution in [0, 0.1) is 11.3 Å². The summed E-state index contributed by atoms with van der Waals surface area (Å²) in [6.07, 6.45) is 0.661. The molecule has 1 aromatic carbocycles. The number of nitrogens with zero attached hydrogens (tertiary/aromatic N) is 1. The summed E-state index contributed by atoms with van der Waals surface area (Å²) < 4.78 is 24.1. The van der Waals surface area contributed by atoms with E-state index >= 15 is 0 Å². The first-order valence-electron chi connectivity index (χ1n) is 5.95. The van der Waals surface area contributed by atoms with E-state index in [4.69, 9.17) is 10.4 Å². The maximum Gasteiger partial charge on any atom is 0.179 e. The van der Waals surface area contributed by atoms with Crippen LogP contribution < -0.4 is 0 Å². The summed E-state index contributed by atoms with van der Waals surface area (Å²) in [7, 11) is -3.34. The second-order valence-electron chi connectivity index (χ2n) is 4.15. The normalized spacial score (nSPS) is 12.9. The summed E-state index contributed by atoms with van der Waals surface area (Å²) in [5.74, 6) is 0.530. The van der Waals surface area contributed by atoms with Gasteiger partial charge in [0.1, 0.15) is 0 Å². The number of aliphatic hydroxyl groups excluding tert-OH is 1. The van der Waals surface area contributed by atoms with Gasteiger partial charge < -0.3 is 5.11 Å². The van der Waals surface area contributed by atoms with E-state index in [0.29, 0.717) is 17.7 Å². The first-order valence-corrected chi connectivity index (χ1v) is 8.65. The molecule has 0 bridgehead atoms. The third-order valence-electron chi connectivity index (χ3n) is 2.61. The first-order chi connectivity index (χ1) is 8.99. The molecule has 0 spiro atoms. The zero-order valence-corrected chi connectivity index (χ0v) is 12.4. The van der Waals surface area contributed by atoms with Crippen LogP contribution >= 0.6 is 11.8 Å². The number of sulfone groups is 1. The third kappa shape index (κ3) is 5.23. The van der Waals surface area contributed by atoms with Gasteiger partial charge in [0.05, 0.1) is 22.3 Å². The van der Waals surface area contributed by atoms with Crippen molar-refractivity contribution >= 4 is 21.6 Å². The molecule has 0 saturated carbocycles. The van der Waals surface area contributed by atoms with Crippen molar-refractivity contribution in [3.63, 3.8) is 0 Å². The SMILES string of the molecule is CC(CCO)SCCS(=O)(=O)c1cccc(C#N)c1. The van der Waals surface area contributed by atoms with Gasteiger partial charge in [-0.1, -0.05) is 13.0 Å². The van der Waals surface area contributed by atoms with Gasteiger partial charge in [-0.05, 0) is 24.6 Å². The summed E-state index contributed by atoms with van der Waals surface area (Å²) in [5, 5.41) is 17.8. The quantitative estimate of drug-likeness (QED) is 0.831. The minimum Gasteiger partial charge on any atom is -0.396 e. The van der Waals surface area contributed by atoms with Gasteiger partial charge in [0.15, 0.2) is 9.84 Å². The summed E-state index contributed by atoms with van der Waals surface area (Å²) >= 11 is 1.53. The lowest BCUT2D eigenvalue weighted by atomic mass is 10.2. The minimum absolute atomic E-state index is 0.0440. The minimum atomic E-state index is -3.34. The molecular formula is C13H17NO3S2. The molecule has 0 aliphatic rings. The van der Waals surface area contributed by atoms with E-state index in [2.05, 4.69) is 0 Å². The molecular weight excluding hydrogens is 282 g/mol. The molecule has 19 heavy (non-hydrogen) atoms. The summed E-state index contributed by atoms with van der Waals surface area (Å²) in [6, 6.07) is 8.00. The van der Waals surface area contributed by atoms with Gasteiger partial charge in [0.25, 0.3) is 0 Å². The number of hydrogen-bond acceptors (Lipinski definition) is 5. The molecule has 0 fully saturated rings. The van der Waals surface area contributed by atoms with Crippen molar-refractivity contribution in [2.45, 2.75) is 23.5 Å². The summed E-state index contributed by atoms with van der Waals surface area (Å²) in [5.41, 5.74) is 0.349. The van der Waals surface area contributed by atoms with E-state index in [0.717, 1.165) is 0 Å². The van der Waals surface area contributed by atoms with Crippen LogP contribution in [0.5, 0.6) is 0 Å². The van der Waals surface area contributed by atoms with Crippen LogP contribution in [0.15, 0.2) is 29.2 Å². The number of benzene rings is 1. The number of thioether (sulfide) groups is 1. The smallest absolute Gasteiger partial charge is 0.179 e. The number of aliphatic hydroxyl groups is 1. The molecule has 4 nitrogen and oxygen atoms in total. The largest absolute Gasteiger partial charge is 0.396 e. The van der Waals surface area contributed by atoms with E-state index in [1.807, 2.05) is 13.0 Å². The van der Waals surface area contributed by atoms with E-state index < -0.39 is 9.84 Å². The number of nitriles is 1. The molecule has 0 aliphatic carbocycles. The van der Waals surface area contributed by atoms with Gasteiger partial charge >= 0.3 is 0 Å². The second kappa shape index (κ2) is 7.53. The highest BCUT2D eigenvalue weighted by Gasteiger charge is 2.15. The standard InChI is InChI=1S/C13H17NO3S2/c1-11(5-6-15)18-7-8-19(16,17)13-4-2-3-12(9-13)10-14/h2-4,9,11,15H,5-8H2,1H3. The van der Waals surface area contributed by atoms with E-state index in [-0.39, 0.29) is 22.5 Å². The molecule has 0 aliphatic heterocycles. The van der Waals surface area contributed by atoms with Gasteiger partial charge in [0, 0.05) is 17.6 Å².